The van der Waals surface area contributed by atoms with Crippen molar-refractivity contribution < 1.29 is 0 Å². The summed E-state index contributed by atoms with van der Waals surface area (Å²) in [6, 6.07) is 3.91. The standard InChI is InChI=1S/C12H14N6/c1-7(12-14-2-3-15-12)17-11-5-10-8(4-9(11)13)6-16-18-10/h2-7,17H,13H2,1H3,(H,14,15)(H,16,18). The Hall–Kier alpha value is -2.50. The molecule has 0 fully saturated rings. The Bertz CT molecular complexity index is 654. The number of benzene rings is 1. The van der Waals surface area contributed by atoms with Crippen LogP contribution in [0, 0.1) is 0 Å². The van der Waals surface area contributed by atoms with E-state index in [0.717, 1.165) is 22.4 Å². The molecule has 2 heterocycles. The number of H-pyrrole nitrogens is 2. The third-order valence-corrected chi connectivity index (χ3v) is 2.91. The third kappa shape index (κ3) is 1.77. The van der Waals surface area contributed by atoms with E-state index in [2.05, 4.69) is 25.5 Å². The minimum Gasteiger partial charge on any atom is -0.397 e. The Labute approximate surface area is 104 Å². The van der Waals surface area contributed by atoms with Crippen molar-refractivity contribution in [3.05, 3.63) is 36.5 Å². The smallest absolute Gasteiger partial charge is 0.128 e. The quantitative estimate of drug-likeness (QED) is 0.528. The molecular formula is C12H14N6. The normalized spacial score (nSPS) is 12.7. The number of nitrogens with two attached hydrogens (primary N) is 1. The second-order valence-electron chi connectivity index (χ2n) is 4.24. The van der Waals surface area contributed by atoms with Crippen LogP contribution in [0.2, 0.25) is 0 Å². The largest absolute Gasteiger partial charge is 0.397 e. The predicted octanol–water partition coefficient (Wildman–Crippen LogP) is 2.04. The molecule has 5 N–H and O–H groups in total. The zero-order valence-electron chi connectivity index (χ0n) is 9.94. The second kappa shape index (κ2) is 4.06. The van der Waals surface area contributed by atoms with Gasteiger partial charge in [-0.05, 0) is 19.1 Å². The molecule has 0 saturated heterocycles. The third-order valence-electron chi connectivity index (χ3n) is 2.91. The van der Waals surface area contributed by atoms with E-state index in [0.29, 0.717) is 5.69 Å². The number of hydrogen-bond donors (Lipinski definition) is 4. The molecule has 0 saturated carbocycles. The van der Waals surface area contributed by atoms with Crippen LogP contribution in [-0.2, 0) is 0 Å². The van der Waals surface area contributed by atoms with Crippen molar-refractivity contribution in [2.45, 2.75) is 13.0 Å². The number of fused-ring (bicyclic) bond motifs is 1. The van der Waals surface area contributed by atoms with E-state index in [4.69, 9.17) is 5.73 Å². The average molecular weight is 242 g/mol. The number of aromatic amines is 2. The summed E-state index contributed by atoms with van der Waals surface area (Å²) in [6.07, 6.45) is 5.29. The molecule has 2 aromatic heterocycles. The van der Waals surface area contributed by atoms with E-state index >= 15 is 0 Å². The topological polar surface area (TPSA) is 95.4 Å². The van der Waals surface area contributed by atoms with Gasteiger partial charge in [-0.25, -0.2) is 4.98 Å². The van der Waals surface area contributed by atoms with Crippen LogP contribution in [0.25, 0.3) is 10.9 Å². The van der Waals surface area contributed by atoms with Gasteiger partial charge in [-0.3, -0.25) is 5.10 Å². The fraction of sp³-hybridized carbons (Fsp3) is 0.167. The summed E-state index contributed by atoms with van der Waals surface area (Å²) in [5.74, 6) is 0.874. The fourth-order valence-corrected chi connectivity index (χ4v) is 1.95. The average Bonchev–Trinajstić information content (AvgIpc) is 2.98. The maximum absolute atomic E-state index is 6.01. The highest BCUT2D eigenvalue weighted by Gasteiger charge is 2.10. The first-order valence-electron chi connectivity index (χ1n) is 5.72. The minimum absolute atomic E-state index is 0.0580. The van der Waals surface area contributed by atoms with Crippen molar-refractivity contribution in [1.82, 2.24) is 20.2 Å². The number of nitrogens with zero attached hydrogens (tertiary/aromatic N) is 2. The number of nitrogen functional groups attached to an aromatic ring is 1. The lowest BCUT2D eigenvalue weighted by atomic mass is 10.2. The lowest BCUT2D eigenvalue weighted by molar-refractivity contribution is 0.811. The van der Waals surface area contributed by atoms with Crippen LogP contribution >= 0.6 is 0 Å². The lowest BCUT2D eigenvalue weighted by Crippen LogP contribution is -2.09. The lowest BCUT2D eigenvalue weighted by Gasteiger charge is -2.14. The first kappa shape index (κ1) is 10.6. The maximum Gasteiger partial charge on any atom is 0.128 e. The molecule has 0 bridgehead atoms. The molecule has 1 atom stereocenters. The van der Waals surface area contributed by atoms with Crippen LogP contribution in [0.15, 0.2) is 30.7 Å². The number of anilines is 2. The highest BCUT2D eigenvalue weighted by atomic mass is 15.1. The molecule has 1 unspecified atom stereocenters. The zero-order chi connectivity index (χ0) is 12.5. The van der Waals surface area contributed by atoms with Gasteiger partial charge in [0.05, 0.1) is 29.1 Å². The van der Waals surface area contributed by atoms with Gasteiger partial charge in [-0.15, -0.1) is 0 Å². The second-order valence-corrected chi connectivity index (χ2v) is 4.24. The van der Waals surface area contributed by atoms with E-state index in [-0.39, 0.29) is 6.04 Å². The molecule has 0 spiro atoms. The molecule has 6 heteroatoms. The minimum atomic E-state index is 0.0580. The number of nitrogens with one attached hydrogen (secondary N) is 3. The molecule has 18 heavy (non-hydrogen) atoms. The Balaban J connectivity index is 1.92. The van der Waals surface area contributed by atoms with Crippen LogP contribution in [0.4, 0.5) is 11.4 Å². The first-order chi connectivity index (χ1) is 8.74. The van der Waals surface area contributed by atoms with E-state index < -0.39 is 0 Å². The van der Waals surface area contributed by atoms with Gasteiger partial charge in [-0.1, -0.05) is 0 Å². The van der Waals surface area contributed by atoms with Crippen molar-refractivity contribution in [2.24, 2.45) is 0 Å². The molecule has 0 radical (unpaired) electrons. The summed E-state index contributed by atoms with van der Waals surface area (Å²) in [4.78, 5) is 7.29. The van der Waals surface area contributed by atoms with Crippen LogP contribution in [0.1, 0.15) is 18.8 Å². The molecular weight excluding hydrogens is 228 g/mol. The van der Waals surface area contributed by atoms with E-state index in [1.54, 1.807) is 18.6 Å². The van der Waals surface area contributed by atoms with Crippen LogP contribution in [-0.4, -0.2) is 20.2 Å². The van der Waals surface area contributed by atoms with Gasteiger partial charge in [0.2, 0.25) is 0 Å². The Kier molecular flexibility index (Phi) is 2.40. The number of hydrogen-bond acceptors (Lipinski definition) is 4. The van der Waals surface area contributed by atoms with Gasteiger partial charge in [0.15, 0.2) is 0 Å². The Morgan fingerprint density at radius 3 is 3.06 bits per heavy atom. The van der Waals surface area contributed by atoms with Gasteiger partial charge in [0, 0.05) is 17.8 Å². The SMILES string of the molecule is CC(Nc1cc2[nH]ncc2cc1N)c1ncc[nH]1. The van der Waals surface area contributed by atoms with Crippen molar-refractivity contribution in [3.8, 4) is 0 Å². The zero-order valence-corrected chi connectivity index (χ0v) is 9.94. The molecule has 92 valence electrons. The molecule has 0 amide bonds. The number of aromatic nitrogens is 4. The van der Waals surface area contributed by atoms with Crippen LogP contribution in [0.5, 0.6) is 0 Å². The van der Waals surface area contributed by atoms with Gasteiger partial charge >= 0.3 is 0 Å². The Morgan fingerprint density at radius 1 is 1.39 bits per heavy atom. The van der Waals surface area contributed by atoms with Crippen molar-refractivity contribution in [1.29, 1.82) is 0 Å². The van der Waals surface area contributed by atoms with E-state index in [9.17, 15) is 0 Å². The van der Waals surface area contributed by atoms with Crippen molar-refractivity contribution in [3.63, 3.8) is 0 Å². The van der Waals surface area contributed by atoms with Gasteiger partial charge in [0.25, 0.3) is 0 Å². The summed E-state index contributed by atoms with van der Waals surface area (Å²) in [6.45, 7) is 2.02. The van der Waals surface area contributed by atoms with Crippen molar-refractivity contribution in [2.75, 3.05) is 11.1 Å². The highest BCUT2D eigenvalue weighted by Crippen LogP contribution is 2.27. The highest BCUT2D eigenvalue weighted by molar-refractivity contribution is 5.88. The van der Waals surface area contributed by atoms with Crippen LogP contribution in [0.3, 0.4) is 0 Å². The summed E-state index contributed by atoms with van der Waals surface area (Å²) >= 11 is 0. The number of rotatable bonds is 3. The molecule has 3 aromatic rings. The van der Waals surface area contributed by atoms with Gasteiger partial charge in [0.1, 0.15) is 5.82 Å². The summed E-state index contributed by atoms with van der Waals surface area (Å²) in [7, 11) is 0. The predicted molar refractivity (Wildman–Crippen MR) is 71.1 cm³/mol. The molecule has 0 aliphatic heterocycles. The maximum atomic E-state index is 6.01. The summed E-state index contributed by atoms with van der Waals surface area (Å²) < 4.78 is 0. The number of imidazole rings is 1. The fourth-order valence-electron chi connectivity index (χ4n) is 1.95. The van der Waals surface area contributed by atoms with Gasteiger partial charge < -0.3 is 16.0 Å². The molecule has 0 aliphatic rings. The first-order valence-corrected chi connectivity index (χ1v) is 5.72. The summed E-state index contributed by atoms with van der Waals surface area (Å²) in [5.41, 5.74) is 8.54. The molecule has 3 rings (SSSR count). The monoisotopic (exact) mass is 242 g/mol. The van der Waals surface area contributed by atoms with E-state index in [1.165, 1.54) is 0 Å². The van der Waals surface area contributed by atoms with Crippen molar-refractivity contribution >= 4 is 22.3 Å². The van der Waals surface area contributed by atoms with Gasteiger partial charge in [-0.2, -0.15) is 5.10 Å². The Morgan fingerprint density at radius 2 is 2.28 bits per heavy atom. The summed E-state index contributed by atoms with van der Waals surface area (Å²) in [5, 5.41) is 11.2. The molecule has 6 nitrogen and oxygen atoms in total. The molecule has 1 aromatic carbocycles. The van der Waals surface area contributed by atoms with E-state index in [1.807, 2.05) is 19.1 Å². The van der Waals surface area contributed by atoms with Crippen LogP contribution < -0.4 is 11.1 Å². The molecule has 0 aliphatic carbocycles.